The van der Waals surface area contributed by atoms with E-state index in [4.69, 9.17) is 10.5 Å². The Morgan fingerprint density at radius 1 is 1.18 bits per heavy atom. The minimum absolute atomic E-state index is 0.0872. The first-order valence-electron chi connectivity index (χ1n) is 11.8. The number of hydrogen-bond acceptors (Lipinski definition) is 9. The van der Waals surface area contributed by atoms with Crippen LogP contribution in [-0.4, -0.2) is 71.6 Å². The molecule has 4 aromatic rings. The van der Waals surface area contributed by atoms with Crippen molar-refractivity contribution in [2.24, 2.45) is 12.8 Å². The standard InChI is InChI=1S/C26H30N8O4/c1-31(2)12-13-32(3)20-15-22(38-5)18(14-21(20)34(36)37)30-26-28-11-10-17(29-26)23-16-8-6-7-9-19(16)33(4)24(23)25(27)35/h6-11,14-15H,12-13H2,1-5H3,(H2,27,35)(H,28,29,30). The molecule has 0 aliphatic heterocycles. The normalized spacial score (nSPS) is 11.1. The van der Waals surface area contributed by atoms with Crippen LogP contribution in [0.1, 0.15) is 10.5 Å². The molecule has 2 heterocycles. The van der Waals surface area contributed by atoms with Gasteiger partial charge in [0.15, 0.2) is 0 Å². The number of nitrogens with zero attached hydrogens (tertiary/aromatic N) is 6. The van der Waals surface area contributed by atoms with Gasteiger partial charge < -0.3 is 30.2 Å². The molecule has 4 rings (SSSR count). The maximum absolute atomic E-state index is 12.4. The molecule has 0 saturated carbocycles. The van der Waals surface area contributed by atoms with E-state index in [1.54, 1.807) is 37.0 Å². The molecule has 0 bridgehead atoms. The molecule has 0 aliphatic rings. The second-order valence-electron chi connectivity index (χ2n) is 9.08. The minimum atomic E-state index is -0.585. The van der Waals surface area contributed by atoms with Crippen molar-refractivity contribution in [3.05, 3.63) is 64.5 Å². The summed E-state index contributed by atoms with van der Waals surface area (Å²) < 4.78 is 7.29. The molecule has 0 spiro atoms. The van der Waals surface area contributed by atoms with E-state index in [1.807, 2.05) is 48.2 Å². The summed E-state index contributed by atoms with van der Waals surface area (Å²) in [6, 6.07) is 12.3. The zero-order valence-electron chi connectivity index (χ0n) is 21.9. The highest BCUT2D eigenvalue weighted by atomic mass is 16.6. The fourth-order valence-corrected chi connectivity index (χ4v) is 4.37. The molecule has 3 N–H and O–H groups in total. The lowest BCUT2D eigenvalue weighted by molar-refractivity contribution is -0.384. The topological polar surface area (TPSA) is 145 Å². The number of fused-ring (bicyclic) bond motifs is 1. The van der Waals surface area contributed by atoms with Crippen molar-refractivity contribution in [2.45, 2.75) is 0 Å². The van der Waals surface area contributed by atoms with Crippen LogP contribution in [0.5, 0.6) is 5.75 Å². The van der Waals surface area contributed by atoms with Crippen LogP contribution in [0.25, 0.3) is 22.2 Å². The molecule has 0 radical (unpaired) electrons. The van der Waals surface area contributed by atoms with Crippen LogP contribution in [0.2, 0.25) is 0 Å². The summed E-state index contributed by atoms with van der Waals surface area (Å²) in [5.41, 5.74) is 8.60. The first kappa shape index (κ1) is 26.4. The lowest BCUT2D eigenvalue weighted by Crippen LogP contribution is -2.28. The lowest BCUT2D eigenvalue weighted by Gasteiger charge is -2.22. The average molecular weight is 519 g/mol. The molecule has 12 nitrogen and oxygen atoms in total. The summed E-state index contributed by atoms with van der Waals surface area (Å²) in [7, 11) is 8.94. The third-order valence-corrected chi connectivity index (χ3v) is 6.29. The molecule has 198 valence electrons. The number of amides is 1. The summed E-state index contributed by atoms with van der Waals surface area (Å²) in [6.45, 7) is 1.31. The smallest absolute Gasteiger partial charge is 0.294 e. The number of benzene rings is 2. The predicted octanol–water partition coefficient (Wildman–Crippen LogP) is 3.39. The highest BCUT2D eigenvalue weighted by Crippen LogP contribution is 2.39. The fraction of sp³-hybridized carbons (Fsp3) is 0.269. The Bertz CT molecular complexity index is 1510. The van der Waals surface area contributed by atoms with Gasteiger partial charge in [-0.1, -0.05) is 18.2 Å². The molecule has 2 aromatic carbocycles. The quantitative estimate of drug-likeness (QED) is 0.238. The molecule has 0 fully saturated rings. The maximum atomic E-state index is 12.4. The molecule has 0 atom stereocenters. The second-order valence-corrected chi connectivity index (χ2v) is 9.08. The first-order chi connectivity index (χ1) is 18.1. The Labute approximate surface area is 219 Å². The SMILES string of the molecule is COc1cc(N(C)CCN(C)C)c([N+](=O)[O-])cc1Nc1nccc(-c2c(C(N)=O)n(C)c3ccccc23)n1. The second kappa shape index (κ2) is 10.7. The van der Waals surface area contributed by atoms with Crippen molar-refractivity contribution >= 4 is 39.8 Å². The van der Waals surface area contributed by atoms with E-state index >= 15 is 0 Å². The lowest BCUT2D eigenvalue weighted by atomic mass is 10.1. The number of primary amides is 1. The Morgan fingerprint density at radius 2 is 1.92 bits per heavy atom. The molecule has 38 heavy (non-hydrogen) atoms. The van der Waals surface area contributed by atoms with Gasteiger partial charge >= 0.3 is 0 Å². The highest BCUT2D eigenvalue weighted by Gasteiger charge is 2.24. The first-order valence-corrected chi connectivity index (χ1v) is 11.8. The van der Waals surface area contributed by atoms with Crippen LogP contribution in [0, 0.1) is 10.1 Å². The molecule has 0 saturated heterocycles. The summed E-state index contributed by atoms with van der Waals surface area (Å²) in [5, 5.41) is 15.8. The number of carbonyl (C=O) groups is 1. The van der Waals surface area contributed by atoms with Crippen molar-refractivity contribution in [1.29, 1.82) is 0 Å². The predicted molar refractivity (Wildman–Crippen MR) is 147 cm³/mol. The van der Waals surface area contributed by atoms with E-state index in [9.17, 15) is 14.9 Å². The van der Waals surface area contributed by atoms with E-state index < -0.39 is 10.8 Å². The van der Waals surface area contributed by atoms with E-state index in [1.165, 1.54) is 13.2 Å². The van der Waals surface area contributed by atoms with Gasteiger partial charge in [-0.25, -0.2) is 9.97 Å². The molecular weight excluding hydrogens is 488 g/mol. The van der Waals surface area contributed by atoms with Crippen LogP contribution in [-0.2, 0) is 7.05 Å². The Kier molecular flexibility index (Phi) is 7.44. The molecule has 12 heteroatoms. The molecule has 0 unspecified atom stereocenters. The fourth-order valence-electron chi connectivity index (χ4n) is 4.37. The van der Waals surface area contributed by atoms with Gasteiger partial charge in [0, 0.05) is 62.0 Å². The average Bonchev–Trinajstić information content (AvgIpc) is 3.19. The van der Waals surface area contributed by atoms with Crippen molar-refractivity contribution in [1.82, 2.24) is 19.4 Å². The van der Waals surface area contributed by atoms with Crippen molar-refractivity contribution in [2.75, 3.05) is 51.6 Å². The van der Waals surface area contributed by atoms with Crippen LogP contribution in [0.3, 0.4) is 0 Å². The number of likely N-dealkylation sites (N-methyl/N-ethyl adjacent to an activating group) is 2. The number of methoxy groups -OCH3 is 1. The summed E-state index contributed by atoms with van der Waals surface area (Å²) >= 11 is 0. The Hall–Kier alpha value is -4.71. The van der Waals surface area contributed by atoms with Crippen LogP contribution < -0.4 is 20.7 Å². The van der Waals surface area contributed by atoms with Crippen LogP contribution >= 0.6 is 0 Å². The number of nitrogens with two attached hydrogens (primary N) is 1. The Balaban J connectivity index is 1.76. The van der Waals surface area contributed by atoms with E-state index in [0.717, 1.165) is 17.4 Å². The largest absolute Gasteiger partial charge is 0.494 e. The van der Waals surface area contributed by atoms with Gasteiger partial charge in [-0.2, -0.15) is 0 Å². The Morgan fingerprint density at radius 3 is 2.58 bits per heavy atom. The van der Waals surface area contributed by atoms with Gasteiger partial charge in [0.1, 0.15) is 17.1 Å². The minimum Gasteiger partial charge on any atom is -0.494 e. The van der Waals surface area contributed by atoms with E-state index in [-0.39, 0.29) is 11.6 Å². The van der Waals surface area contributed by atoms with Crippen molar-refractivity contribution in [3.63, 3.8) is 0 Å². The monoisotopic (exact) mass is 518 g/mol. The maximum Gasteiger partial charge on any atom is 0.294 e. The molecule has 1 amide bonds. The number of nitro groups is 1. The summed E-state index contributed by atoms with van der Waals surface area (Å²) in [6.07, 6.45) is 1.54. The third-order valence-electron chi connectivity index (χ3n) is 6.29. The zero-order valence-corrected chi connectivity index (χ0v) is 21.9. The van der Waals surface area contributed by atoms with Gasteiger partial charge in [-0.05, 0) is 26.2 Å². The number of para-hydroxylation sites is 1. The van der Waals surface area contributed by atoms with E-state index in [2.05, 4.69) is 15.3 Å². The van der Waals surface area contributed by atoms with Gasteiger partial charge in [-0.3, -0.25) is 14.9 Å². The number of nitro benzene ring substituents is 1. The molecule has 0 aliphatic carbocycles. The number of anilines is 3. The van der Waals surface area contributed by atoms with Crippen molar-refractivity contribution < 1.29 is 14.5 Å². The number of hydrogen-bond donors (Lipinski definition) is 2. The van der Waals surface area contributed by atoms with Gasteiger partial charge in [0.05, 0.1) is 23.4 Å². The third kappa shape index (κ3) is 5.06. The van der Waals surface area contributed by atoms with Crippen molar-refractivity contribution in [3.8, 4) is 17.0 Å². The van der Waals surface area contributed by atoms with Crippen LogP contribution in [0.4, 0.5) is 23.0 Å². The number of nitrogens with one attached hydrogen (secondary N) is 1. The van der Waals surface area contributed by atoms with E-state index in [0.29, 0.717) is 40.6 Å². The molecule has 2 aromatic heterocycles. The van der Waals surface area contributed by atoms with Crippen LogP contribution in [0.15, 0.2) is 48.7 Å². The number of rotatable bonds is 10. The van der Waals surface area contributed by atoms with Gasteiger partial charge in [0.2, 0.25) is 5.95 Å². The van der Waals surface area contributed by atoms with Gasteiger partial charge in [0.25, 0.3) is 11.6 Å². The zero-order chi connectivity index (χ0) is 27.6. The van der Waals surface area contributed by atoms with Gasteiger partial charge in [-0.15, -0.1) is 0 Å². The number of carbonyl (C=O) groups excluding carboxylic acids is 1. The summed E-state index contributed by atoms with van der Waals surface area (Å²) in [4.78, 5) is 36.6. The number of aromatic nitrogens is 3. The number of ether oxygens (including phenoxy) is 1. The highest BCUT2D eigenvalue weighted by molar-refractivity contribution is 6.09. The summed E-state index contributed by atoms with van der Waals surface area (Å²) in [5.74, 6) is -0.0236. The molecular formula is C26H30N8O4. The number of aryl methyl sites for hydroxylation is 1.